The summed E-state index contributed by atoms with van der Waals surface area (Å²) < 4.78 is 20.9. The maximum absolute atomic E-state index is 12.5. The molecular formula is C69H77N3O4S6Si6. The molecule has 0 aliphatic heterocycles. The van der Waals surface area contributed by atoms with Crippen LogP contribution in [0.25, 0.3) is 95.1 Å². The summed E-state index contributed by atoms with van der Waals surface area (Å²) in [6.45, 7) is 42.8. The first-order chi connectivity index (χ1) is 41.2. The van der Waals surface area contributed by atoms with E-state index in [0.717, 1.165) is 61.1 Å². The maximum Gasteiger partial charge on any atom is 0.235 e. The van der Waals surface area contributed by atoms with Crippen molar-refractivity contribution in [2.75, 3.05) is 0 Å². The van der Waals surface area contributed by atoms with Gasteiger partial charge in [0.15, 0.2) is 5.58 Å². The number of thiophene rings is 6. The predicted octanol–water partition coefficient (Wildman–Crippen LogP) is 19.2. The van der Waals surface area contributed by atoms with E-state index in [1.54, 1.807) is 43.8 Å². The fourth-order valence-electron chi connectivity index (χ4n) is 10.3. The molecule has 7 nitrogen and oxygen atoms in total. The number of imidazole rings is 1. The third-order valence-corrected chi connectivity index (χ3v) is 44.3. The van der Waals surface area contributed by atoms with Crippen molar-refractivity contribution >= 4 is 224 Å². The Labute approximate surface area is 547 Å². The van der Waals surface area contributed by atoms with Gasteiger partial charge in [0.2, 0.25) is 17.5 Å². The van der Waals surface area contributed by atoms with E-state index in [1.165, 1.54) is 63.9 Å². The van der Waals surface area contributed by atoms with Crippen molar-refractivity contribution in [3.8, 4) is 32.6 Å². The van der Waals surface area contributed by atoms with Gasteiger partial charge in [0.05, 0.1) is 88.0 Å². The number of H-pyrrole nitrogens is 1. The van der Waals surface area contributed by atoms with Crippen LogP contribution in [0, 0.1) is 0 Å². The highest BCUT2D eigenvalue weighted by Gasteiger charge is 2.38. The van der Waals surface area contributed by atoms with Gasteiger partial charge in [0.25, 0.3) is 0 Å². The average molecular weight is 1370 g/mol. The van der Waals surface area contributed by atoms with Crippen LogP contribution in [0.5, 0.6) is 0 Å². The highest BCUT2D eigenvalue weighted by molar-refractivity contribution is 7.39. The second-order valence-corrected chi connectivity index (χ2v) is 67.8. The van der Waals surface area contributed by atoms with E-state index in [2.05, 4.69) is 190 Å². The van der Waals surface area contributed by atoms with E-state index in [4.69, 9.17) is 14.4 Å². The molecule has 14 rings (SSSR count). The Balaban J connectivity index is 0.000000129. The van der Waals surface area contributed by atoms with Crippen LogP contribution < -0.4 is 27.0 Å². The highest BCUT2D eigenvalue weighted by Crippen LogP contribution is 2.45. The summed E-state index contributed by atoms with van der Waals surface area (Å²) in [4.78, 5) is 50.8. The van der Waals surface area contributed by atoms with Crippen LogP contribution in [0.4, 0.5) is 0 Å². The number of rotatable bonds is 9. The van der Waals surface area contributed by atoms with E-state index in [0.29, 0.717) is 11.1 Å². The van der Waals surface area contributed by atoms with Gasteiger partial charge in [-0.15, -0.1) is 68.0 Å². The van der Waals surface area contributed by atoms with E-state index in [1.807, 2.05) is 93.9 Å². The number of hydrogen-bond donors (Lipinski definition) is 1. The van der Waals surface area contributed by atoms with Gasteiger partial charge in [-0.05, 0) is 75.5 Å². The quantitative estimate of drug-likeness (QED) is 0.0877. The van der Waals surface area contributed by atoms with Crippen LogP contribution in [0.3, 0.4) is 0 Å². The minimum absolute atomic E-state index is 0.317. The Morgan fingerprint density at radius 1 is 0.398 bits per heavy atom. The average Bonchev–Trinajstić information content (AvgIpc) is 1.60. The van der Waals surface area contributed by atoms with Crippen LogP contribution in [-0.2, 0) is 0 Å². The third-order valence-electron chi connectivity index (χ3n) is 15.5. The van der Waals surface area contributed by atoms with E-state index in [-0.39, 0.29) is 11.6 Å². The lowest BCUT2D eigenvalue weighted by Gasteiger charge is -2.12. The first-order valence-corrected chi connectivity index (χ1v) is 55.8. The van der Waals surface area contributed by atoms with Gasteiger partial charge in [-0.2, -0.15) is 0 Å². The zero-order chi connectivity index (χ0) is 63.4. The molecule has 1 aliphatic rings. The van der Waals surface area contributed by atoms with Crippen molar-refractivity contribution in [3.63, 3.8) is 0 Å². The molecule has 0 saturated carbocycles. The minimum Gasteiger partial charge on any atom is -0.435 e. The lowest BCUT2D eigenvalue weighted by molar-refractivity contribution is 0.0816. The molecule has 452 valence electrons. The van der Waals surface area contributed by atoms with Gasteiger partial charge in [-0.1, -0.05) is 197 Å². The molecule has 0 radical (unpaired) electrons. The normalized spacial score (nSPS) is 13.2. The number of carbonyl (C=O) groups is 3. The minimum atomic E-state index is -1.48. The molecule has 8 aromatic heterocycles. The molecule has 0 spiro atoms. The SMILES string of the molecule is C[Si](C)(C)c1cc2c(s1)-c1sc([Si](C)(C)C)cc1C(=O)C2=O.C[Si](C)(C)c1cc2c3nc(-c4ccccc4)[nH]c3c3cc([Si](C)(C)C)sc3c2s1.C[Si](C)(C)c1cc2c3nc(-c4ccccc4)oc3c3cc([Si](C)(C)C)sc3c2s1.O=Cc1ccccc1. The third kappa shape index (κ3) is 12.7. The zero-order valence-corrected chi connectivity index (χ0v) is 64.6. The second-order valence-electron chi connectivity index (χ2n) is 29.0. The summed E-state index contributed by atoms with van der Waals surface area (Å²) >= 11 is 11.4. The monoisotopic (exact) mass is 1370 g/mol. The lowest BCUT2D eigenvalue weighted by Crippen LogP contribution is -2.35. The summed E-state index contributed by atoms with van der Waals surface area (Å²) in [6, 6.07) is 43.5. The number of oxazole rings is 1. The topological polar surface area (TPSA) is 106 Å². The molecule has 0 unspecified atom stereocenters. The zero-order valence-electron chi connectivity index (χ0n) is 53.7. The van der Waals surface area contributed by atoms with Gasteiger partial charge in [-0.3, -0.25) is 14.4 Å². The van der Waals surface area contributed by atoms with Crippen molar-refractivity contribution in [2.24, 2.45) is 0 Å². The predicted molar refractivity (Wildman–Crippen MR) is 409 cm³/mol. The summed E-state index contributed by atoms with van der Waals surface area (Å²) in [5.41, 5.74) is 8.50. The molecule has 5 aromatic carbocycles. The van der Waals surface area contributed by atoms with Crippen molar-refractivity contribution in [2.45, 2.75) is 118 Å². The van der Waals surface area contributed by atoms with Crippen molar-refractivity contribution in [3.05, 3.63) is 144 Å². The number of nitrogens with zero attached hydrogens (tertiary/aromatic N) is 2. The Bertz CT molecular complexity index is 4360. The number of ketones is 2. The number of aromatic nitrogens is 3. The van der Waals surface area contributed by atoms with E-state index >= 15 is 0 Å². The fourth-order valence-corrected chi connectivity index (χ4v) is 28.9. The summed E-state index contributed by atoms with van der Waals surface area (Å²) in [5.74, 6) is 1.05. The Hall–Kier alpha value is -5.41. The second kappa shape index (κ2) is 23.7. The fraction of sp³-hybridized carbons (Fsp3) is 0.261. The number of fused-ring (bicyclic) bond motifs is 15. The van der Waals surface area contributed by atoms with Crippen LogP contribution >= 0.6 is 68.0 Å². The number of Topliss-reactive ketones (excluding diaryl/α,β-unsaturated/α-hetero) is 2. The highest BCUT2D eigenvalue weighted by atomic mass is 32.1. The van der Waals surface area contributed by atoms with Crippen molar-refractivity contribution in [1.82, 2.24) is 15.0 Å². The Morgan fingerprint density at radius 2 is 0.750 bits per heavy atom. The smallest absolute Gasteiger partial charge is 0.235 e. The number of aldehydes is 1. The molecule has 19 heteroatoms. The molecular weight excluding hydrogens is 1300 g/mol. The standard InChI is InChI=1S/C23H26N2S2Si2.C23H25NOS2Si2.C16H20O2S2Si2.C7H6O/c2*1-28(2,3)17-12-15-19-20(25-23(24-19)14-10-8-7-9-11-14)16-13-18(29(4,5)6)27-22(16)21(15)26-17;1-21(2,3)11-7-9-13(17)14(18)10-8-12(22(4,5)6)20-16(10)15(9)19-11;8-6-7-4-2-1-3-5-7/h7-13H,1-6H3,(H,24,25);7-13H,1-6H3;7-8H,1-6H3;1-6H. The van der Waals surface area contributed by atoms with Gasteiger partial charge >= 0.3 is 0 Å². The number of aromatic amines is 1. The first kappa shape index (κ1) is 64.1. The Morgan fingerprint density at radius 3 is 1.16 bits per heavy atom. The molecule has 13 aromatic rings. The van der Waals surface area contributed by atoms with Crippen molar-refractivity contribution < 1.29 is 18.8 Å². The molecule has 1 N–H and O–H groups in total. The van der Waals surface area contributed by atoms with Crippen LogP contribution in [0.1, 0.15) is 31.1 Å². The summed E-state index contributed by atoms with van der Waals surface area (Å²) in [5, 5.41) is 5.20. The molecule has 0 fully saturated rings. The Kier molecular flexibility index (Phi) is 17.3. The van der Waals surface area contributed by atoms with E-state index in [9.17, 15) is 14.4 Å². The van der Waals surface area contributed by atoms with Gasteiger partial charge in [0, 0.05) is 49.4 Å². The van der Waals surface area contributed by atoms with Crippen LogP contribution in [-0.4, -0.2) is 81.2 Å². The first-order valence-electron chi connectivity index (χ1n) is 29.9. The van der Waals surface area contributed by atoms with Crippen molar-refractivity contribution in [1.29, 1.82) is 0 Å². The number of benzene rings is 5. The largest absolute Gasteiger partial charge is 0.435 e. The molecule has 1 aliphatic carbocycles. The molecule has 0 atom stereocenters. The number of nitrogens with one attached hydrogen (secondary N) is 1. The van der Waals surface area contributed by atoms with Crippen LogP contribution in [0.2, 0.25) is 118 Å². The summed E-state index contributed by atoms with van der Waals surface area (Å²) in [7, 11) is -8.54. The van der Waals surface area contributed by atoms with E-state index < -0.39 is 48.4 Å². The lowest BCUT2D eigenvalue weighted by atomic mass is 9.96. The van der Waals surface area contributed by atoms with Gasteiger partial charge in [-0.25, -0.2) is 9.97 Å². The molecule has 88 heavy (non-hydrogen) atoms. The number of carbonyl (C=O) groups excluding carboxylic acids is 3. The van der Waals surface area contributed by atoms with Gasteiger partial charge < -0.3 is 9.40 Å². The van der Waals surface area contributed by atoms with Gasteiger partial charge in [0.1, 0.15) is 17.6 Å². The number of hydrogen-bond acceptors (Lipinski definition) is 12. The maximum atomic E-state index is 12.5. The summed E-state index contributed by atoms with van der Waals surface area (Å²) in [6.07, 6.45) is 0.833. The molecule has 8 heterocycles. The molecule has 0 saturated heterocycles. The molecule has 0 bridgehead atoms. The molecule has 0 amide bonds. The van der Waals surface area contributed by atoms with Crippen LogP contribution in [0.15, 0.2) is 132 Å².